The Labute approximate surface area is 82.3 Å². The summed E-state index contributed by atoms with van der Waals surface area (Å²) < 4.78 is 13.1. The molecule has 6 heteroatoms. The molecule has 2 N–H and O–H groups in total. The van der Waals surface area contributed by atoms with Crippen LogP contribution in [-0.4, -0.2) is 21.0 Å². The van der Waals surface area contributed by atoms with Gasteiger partial charge in [0.25, 0.3) is 0 Å². The van der Waals surface area contributed by atoms with E-state index in [0.29, 0.717) is 0 Å². The second kappa shape index (κ2) is 2.95. The van der Waals surface area contributed by atoms with Crippen molar-refractivity contribution in [3.05, 3.63) is 28.8 Å². The van der Waals surface area contributed by atoms with Crippen molar-refractivity contribution in [3.63, 3.8) is 0 Å². The monoisotopic (exact) mass is 214 g/mol. The van der Waals surface area contributed by atoms with E-state index in [1.165, 1.54) is 6.07 Å². The van der Waals surface area contributed by atoms with E-state index in [0.717, 1.165) is 6.07 Å². The average Bonchev–Trinajstić information content (AvgIpc) is 2.57. The molecule has 0 radical (unpaired) electrons. The molecular weight excluding hydrogens is 211 g/mol. The minimum Gasteiger partial charge on any atom is -0.475 e. The number of carboxylic acid groups (broad SMARTS) is 1. The minimum absolute atomic E-state index is 0.00917. The van der Waals surface area contributed by atoms with Crippen molar-refractivity contribution < 1.29 is 14.3 Å². The summed E-state index contributed by atoms with van der Waals surface area (Å²) in [7, 11) is 0. The molecule has 14 heavy (non-hydrogen) atoms. The van der Waals surface area contributed by atoms with E-state index >= 15 is 0 Å². The summed E-state index contributed by atoms with van der Waals surface area (Å²) in [4.78, 5) is 16.5. The fourth-order valence-corrected chi connectivity index (χ4v) is 1.33. The van der Waals surface area contributed by atoms with Gasteiger partial charge in [-0.25, -0.2) is 14.2 Å². The van der Waals surface area contributed by atoms with Crippen molar-refractivity contribution in [2.75, 3.05) is 0 Å². The number of H-pyrrole nitrogens is 1. The number of hydrogen-bond acceptors (Lipinski definition) is 2. The summed E-state index contributed by atoms with van der Waals surface area (Å²) in [5, 5.41) is 8.82. The summed E-state index contributed by atoms with van der Waals surface area (Å²) >= 11 is 5.70. The van der Waals surface area contributed by atoms with Crippen molar-refractivity contribution >= 4 is 28.6 Å². The predicted molar refractivity (Wildman–Crippen MR) is 48.0 cm³/mol. The van der Waals surface area contributed by atoms with Gasteiger partial charge in [0.05, 0.1) is 5.02 Å². The van der Waals surface area contributed by atoms with Gasteiger partial charge in [-0.15, -0.1) is 0 Å². The van der Waals surface area contributed by atoms with Gasteiger partial charge >= 0.3 is 5.97 Å². The number of benzene rings is 1. The van der Waals surface area contributed by atoms with Crippen LogP contribution in [0, 0.1) is 5.82 Å². The van der Waals surface area contributed by atoms with Crippen molar-refractivity contribution in [1.29, 1.82) is 0 Å². The molecule has 2 aromatic rings. The molecule has 1 aromatic carbocycles. The highest BCUT2D eigenvalue weighted by Crippen LogP contribution is 2.23. The summed E-state index contributed by atoms with van der Waals surface area (Å²) in [6, 6.07) is 2.47. The molecule has 0 bridgehead atoms. The van der Waals surface area contributed by atoms with E-state index in [4.69, 9.17) is 16.7 Å². The summed E-state index contributed by atoms with van der Waals surface area (Å²) in [6.45, 7) is 0. The highest BCUT2D eigenvalue weighted by Gasteiger charge is 2.14. The first kappa shape index (κ1) is 8.96. The van der Waals surface area contributed by atoms with Gasteiger partial charge in [-0.3, -0.25) is 0 Å². The maximum Gasteiger partial charge on any atom is 0.371 e. The van der Waals surface area contributed by atoms with Crippen LogP contribution in [0.2, 0.25) is 5.02 Å². The van der Waals surface area contributed by atoms with Crippen LogP contribution < -0.4 is 0 Å². The van der Waals surface area contributed by atoms with Crippen LogP contribution in [0.3, 0.4) is 0 Å². The van der Waals surface area contributed by atoms with Gasteiger partial charge in [-0.2, -0.15) is 0 Å². The summed E-state index contributed by atoms with van der Waals surface area (Å²) in [5.41, 5.74) is 0.138. The Morgan fingerprint density at radius 2 is 2.29 bits per heavy atom. The van der Waals surface area contributed by atoms with Crippen LogP contribution >= 0.6 is 11.6 Å². The van der Waals surface area contributed by atoms with Crippen LogP contribution in [0.5, 0.6) is 0 Å². The zero-order valence-corrected chi connectivity index (χ0v) is 7.47. The molecule has 0 saturated heterocycles. The molecule has 0 atom stereocenters. The Morgan fingerprint density at radius 3 is 2.86 bits per heavy atom. The lowest BCUT2D eigenvalue weighted by Crippen LogP contribution is -1.97. The third kappa shape index (κ3) is 1.22. The SMILES string of the molecule is O=C(O)c1nc2c(Cl)ccc(F)c2[nH]1. The number of aromatic carboxylic acids is 1. The molecule has 0 aliphatic heterocycles. The standard InChI is InChI=1S/C8H4ClFN2O2/c9-3-1-2-4(10)6-5(3)11-7(12-6)8(13)14/h1-2H,(H,11,12)(H,13,14). The number of rotatable bonds is 1. The lowest BCUT2D eigenvalue weighted by Gasteiger charge is -1.91. The average molecular weight is 215 g/mol. The van der Waals surface area contributed by atoms with Crippen LogP contribution in [0.25, 0.3) is 11.0 Å². The molecule has 2 rings (SSSR count). The van der Waals surface area contributed by atoms with Crippen molar-refractivity contribution in [3.8, 4) is 0 Å². The molecule has 0 fully saturated rings. The lowest BCUT2D eigenvalue weighted by atomic mass is 10.3. The number of aromatic nitrogens is 2. The summed E-state index contributed by atoms with van der Waals surface area (Å²) in [5.74, 6) is -2.16. The number of fused-ring (bicyclic) bond motifs is 1. The third-order valence-corrected chi connectivity index (χ3v) is 2.05. The molecule has 0 aliphatic carbocycles. The van der Waals surface area contributed by atoms with Gasteiger partial charge in [-0.1, -0.05) is 11.6 Å². The van der Waals surface area contributed by atoms with E-state index in [1.54, 1.807) is 0 Å². The topological polar surface area (TPSA) is 66.0 Å². The second-order valence-corrected chi connectivity index (χ2v) is 3.05. The number of aromatic amines is 1. The Kier molecular flexibility index (Phi) is 1.89. The van der Waals surface area contributed by atoms with Gasteiger partial charge < -0.3 is 10.1 Å². The van der Waals surface area contributed by atoms with Crippen molar-refractivity contribution in [2.24, 2.45) is 0 Å². The maximum absolute atomic E-state index is 13.1. The Hall–Kier alpha value is -1.62. The first-order chi connectivity index (χ1) is 6.59. The van der Waals surface area contributed by atoms with Gasteiger partial charge in [0, 0.05) is 0 Å². The van der Waals surface area contributed by atoms with E-state index in [-0.39, 0.29) is 21.9 Å². The fraction of sp³-hybridized carbons (Fsp3) is 0. The highest BCUT2D eigenvalue weighted by molar-refractivity contribution is 6.35. The highest BCUT2D eigenvalue weighted by atomic mass is 35.5. The number of nitrogens with zero attached hydrogens (tertiary/aromatic N) is 1. The second-order valence-electron chi connectivity index (χ2n) is 2.64. The number of halogens is 2. The Morgan fingerprint density at radius 1 is 1.57 bits per heavy atom. The zero-order valence-electron chi connectivity index (χ0n) is 6.71. The molecule has 4 nitrogen and oxygen atoms in total. The first-order valence-electron chi connectivity index (χ1n) is 3.66. The van der Waals surface area contributed by atoms with E-state index in [2.05, 4.69) is 9.97 Å². The van der Waals surface area contributed by atoms with Crippen molar-refractivity contribution in [2.45, 2.75) is 0 Å². The van der Waals surface area contributed by atoms with Crippen molar-refractivity contribution in [1.82, 2.24) is 9.97 Å². The van der Waals surface area contributed by atoms with E-state index in [1.807, 2.05) is 0 Å². The molecule has 0 spiro atoms. The minimum atomic E-state index is -1.25. The fourth-order valence-electron chi connectivity index (χ4n) is 1.13. The molecular formula is C8H4ClFN2O2. The molecule has 0 saturated carbocycles. The van der Waals surface area contributed by atoms with Gasteiger partial charge in [0.1, 0.15) is 16.9 Å². The van der Waals surface area contributed by atoms with Crippen LogP contribution in [-0.2, 0) is 0 Å². The van der Waals surface area contributed by atoms with E-state index in [9.17, 15) is 9.18 Å². The first-order valence-corrected chi connectivity index (χ1v) is 4.04. The molecule has 0 aliphatic rings. The van der Waals surface area contributed by atoms with Crippen LogP contribution in [0.4, 0.5) is 4.39 Å². The Balaban J connectivity index is 2.82. The molecule has 0 unspecified atom stereocenters. The molecule has 0 amide bonds. The molecule has 1 heterocycles. The number of nitrogens with one attached hydrogen (secondary N) is 1. The molecule has 1 aromatic heterocycles. The molecule has 72 valence electrons. The van der Waals surface area contributed by atoms with Crippen LogP contribution in [0.1, 0.15) is 10.6 Å². The smallest absolute Gasteiger partial charge is 0.371 e. The van der Waals surface area contributed by atoms with Gasteiger partial charge in [0.2, 0.25) is 5.82 Å². The van der Waals surface area contributed by atoms with Gasteiger partial charge in [-0.05, 0) is 12.1 Å². The normalized spacial score (nSPS) is 10.7. The number of imidazole rings is 1. The van der Waals surface area contributed by atoms with Gasteiger partial charge in [0.15, 0.2) is 0 Å². The largest absolute Gasteiger partial charge is 0.475 e. The lowest BCUT2D eigenvalue weighted by molar-refractivity contribution is 0.0685. The third-order valence-electron chi connectivity index (χ3n) is 1.75. The maximum atomic E-state index is 13.1. The summed E-state index contributed by atoms with van der Waals surface area (Å²) in [6.07, 6.45) is 0. The Bertz CT molecular complexity index is 484. The number of carboxylic acids is 1. The van der Waals surface area contributed by atoms with Crippen LogP contribution in [0.15, 0.2) is 12.1 Å². The zero-order chi connectivity index (χ0) is 10.3. The predicted octanol–water partition coefficient (Wildman–Crippen LogP) is 2.05. The number of hydrogen-bond donors (Lipinski definition) is 2. The quantitative estimate of drug-likeness (QED) is 0.764. The van der Waals surface area contributed by atoms with E-state index < -0.39 is 11.8 Å². The number of carbonyl (C=O) groups is 1.